The van der Waals surface area contributed by atoms with Crippen LogP contribution in [0.1, 0.15) is 28.7 Å². The number of aromatic nitrogens is 2. The number of ketones is 1. The number of rotatable bonds is 4. The molecule has 1 aromatic carbocycles. The number of carbonyl (C=O) groups excluding carboxylic acids is 1. The summed E-state index contributed by atoms with van der Waals surface area (Å²) in [6.45, 7) is 2.06. The van der Waals surface area contributed by atoms with Crippen molar-refractivity contribution >= 4 is 44.3 Å². The average Bonchev–Trinajstić information content (AvgIpc) is 2.73. The zero-order chi connectivity index (χ0) is 14.0. The van der Waals surface area contributed by atoms with Gasteiger partial charge in [-0.15, -0.1) is 0 Å². The summed E-state index contributed by atoms with van der Waals surface area (Å²) in [5, 5.41) is 4.37. The van der Waals surface area contributed by atoms with E-state index in [9.17, 15) is 4.79 Å². The molecule has 0 aliphatic heterocycles. The van der Waals surface area contributed by atoms with E-state index in [1.165, 1.54) is 0 Å². The molecule has 0 saturated carbocycles. The normalized spacial score (nSPS) is 10.7. The smallest absolute Gasteiger partial charge is 0.169 e. The highest BCUT2D eigenvalue weighted by Crippen LogP contribution is 2.21. The van der Waals surface area contributed by atoms with E-state index in [-0.39, 0.29) is 5.78 Å². The summed E-state index contributed by atoms with van der Waals surface area (Å²) in [5.74, 6) is 0.107. The fourth-order valence-electron chi connectivity index (χ4n) is 1.88. The van der Waals surface area contributed by atoms with Gasteiger partial charge in [0.1, 0.15) is 0 Å². The Labute approximate surface area is 134 Å². The van der Waals surface area contributed by atoms with Gasteiger partial charge in [0.15, 0.2) is 5.78 Å². The molecule has 0 spiro atoms. The third-order valence-electron chi connectivity index (χ3n) is 2.96. The van der Waals surface area contributed by atoms with Crippen LogP contribution in [0.15, 0.2) is 28.7 Å². The topological polar surface area (TPSA) is 34.9 Å². The first kappa shape index (κ1) is 14.7. The predicted octanol–water partition coefficient (Wildman–Crippen LogP) is 3.78. The number of carbonyl (C=O) groups is 1. The monoisotopic (exact) mass is 432 g/mol. The van der Waals surface area contributed by atoms with E-state index in [0.717, 1.165) is 31.4 Å². The first-order chi connectivity index (χ1) is 9.01. The zero-order valence-corrected chi connectivity index (χ0v) is 14.5. The fourth-order valence-corrected chi connectivity index (χ4v) is 2.84. The van der Waals surface area contributed by atoms with Crippen molar-refractivity contribution in [3.63, 3.8) is 0 Å². The SMILES string of the molecule is CCc1cc(CC(=O)c2cc(I)ccc2Br)n(C)n1. The van der Waals surface area contributed by atoms with E-state index < -0.39 is 0 Å². The van der Waals surface area contributed by atoms with E-state index in [0.29, 0.717) is 6.42 Å². The van der Waals surface area contributed by atoms with Crippen LogP contribution in [0.25, 0.3) is 0 Å². The lowest BCUT2D eigenvalue weighted by atomic mass is 10.1. The number of hydrogen-bond acceptors (Lipinski definition) is 2. The van der Waals surface area contributed by atoms with Gasteiger partial charge in [0.25, 0.3) is 0 Å². The van der Waals surface area contributed by atoms with Crippen molar-refractivity contribution in [2.24, 2.45) is 7.05 Å². The van der Waals surface area contributed by atoms with Crippen LogP contribution in [0.2, 0.25) is 0 Å². The highest BCUT2D eigenvalue weighted by molar-refractivity contribution is 14.1. The lowest BCUT2D eigenvalue weighted by Crippen LogP contribution is -2.08. The molecule has 5 heteroatoms. The quantitative estimate of drug-likeness (QED) is 0.544. The summed E-state index contributed by atoms with van der Waals surface area (Å²) in [6.07, 6.45) is 1.26. The molecular weight excluding hydrogens is 419 g/mol. The van der Waals surface area contributed by atoms with Gasteiger partial charge in [-0.1, -0.05) is 22.9 Å². The van der Waals surface area contributed by atoms with E-state index in [4.69, 9.17) is 0 Å². The van der Waals surface area contributed by atoms with Gasteiger partial charge in [-0.05, 0) is 53.3 Å². The van der Waals surface area contributed by atoms with Crippen molar-refractivity contribution in [3.8, 4) is 0 Å². The standard InChI is InChI=1S/C14H14BrIN2O/c1-3-10-7-11(18(2)17-10)8-14(19)12-6-9(16)4-5-13(12)15/h4-7H,3,8H2,1-2H3. The Morgan fingerprint density at radius 1 is 1.42 bits per heavy atom. The molecule has 0 saturated heterocycles. The number of aryl methyl sites for hydroxylation is 2. The Morgan fingerprint density at radius 3 is 2.79 bits per heavy atom. The van der Waals surface area contributed by atoms with Crippen LogP contribution in [0, 0.1) is 3.57 Å². The van der Waals surface area contributed by atoms with Crippen LogP contribution >= 0.6 is 38.5 Å². The molecule has 0 N–H and O–H groups in total. The molecule has 0 unspecified atom stereocenters. The molecule has 0 atom stereocenters. The highest BCUT2D eigenvalue weighted by Gasteiger charge is 2.14. The Balaban J connectivity index is 2.25. The highest BCUT2D eigenvalue weighted by atomic mass is 127. The summed E-state index contributed by atoms with van der Waals surface area (Å²) in [5.41, 5.74) is 2.70. The lowest BCUT2D eigenvalue weighted by molar-refractivity contribution is 0.0990. The molecule has 0 bridgehead atoms. The van der Waals surface area contributed by atoms with Crippen LogP contribution in [0.3, 0.4) is 0 Å². The number of benzene rings is 1. The molecule has 19 heavy (non-hydrogen) atoms. The maximum atomic E-state index is 12.4. The van der Waals surface area contributed by atoms with Gasteiger partial charge < -0.3 is 0 Å². The summed E-state index contributed by atoms with van der Waals surface area (Å²) in [7, 11) is 1.88. The fraction of sp³-hybridized carbons (Fsp3) is 0.286. The maximum absolute atomic E-state index is 12.4. The van der Waals surface area contributed by atoms with Crippen LogP contribution in [0.5, 0.6) is 0 Å². The first-order valence-corrected chi connectivity index (χ1v) is 7.88. The molecule has 1 heterocycles. The van der Waals surface area contributed by atoms with Gasteiger partial charge >= 0.3 is 0 Å². The molecule has 0 radical (unpaired) electrons. The minimum Gasteiger partial charge on any atom is -0.294 e. The van der Waals surface area contributed by atoms with Gasteiger partial charge in [0, 0.05) is 26.3 Å². The van der Waals surface area contributed by atoms with Crippen molar-refractivity contribution in [3.05, 3.63) is 49.3 Å². The predicted molar refractivity (Wildman–Crippen MR) is 87.5 cm³/mol. The van der Waals surface area contributed by atoms with Crippen molar-refractivity contribution in [1.29, 1.82) is 0 Å². The zero-order valence-electron chi connectivity index (χ0n) is 10.8. The lowest BCUT2D eigenvalue weighted by Gasteiger charge is -2.05. The molecule has 3 nitrogen and oxygen atoms in total. The average molecular weight is 433 g/mol. The van der Waals surface area contributed by atoms with Gasteiger partial charge in [0.05, 0.1) is 12.1 Å². The third-order valence-corrected chi connectivity index (χ3v) is 4.32. The largest absolute Gasteiger partial charge is 0.294 e. The van der Waals surface area contributed by atoms with E-state index >= 15 is 0 Å². The Bertz CT molecular complexity index is 622. The number of nitrogens with zero attached hydrogens (tertiary/aromatic N) is 2. The van der Waals surface area contributed by atoms with E-state index in [2.05, 4.69) is 50.5 Å². The molecule has 2 aromatic rings. The summed E-state index contributed by atoms with van der Waals surface area (Å²) in [4.78, 5) is 12.4. The van der Waals surface area contributed by atoms with Crippen molar-refractivity contribution in [1.82, 2.24) is 9.78 Å². The second-order valence-electron chi connectivity index (χ2n) is 4.33. The van der Waals surface area contributed by atoms with Crippen LogP contribution in [-0.2, 0) is 19.9 Å². The minimum absolute atomic E-state index is 0.107. The van der Waals surface area contributed by atoms with Crippen LogP contribution in [-0.4, -0.2) is 15.6 Å². The second kappa shape index (κ2) is 6.17. The molecule has 100 valence electrons. The Hall–Kier alpha value is -0.690. The Morgan fingerprint density at radius 2 is 2.16 bits per heavy atom. The van der Waals surface area contributed by atoms with Gasteiger partial charge in [-0.25, -0.2) is 0 Å². The number of Topliss-reactive ketones (excluding diaryl/α,β-unsaturated/α-hetero) is 1. The summed E-state index contributed by atoms with van der Waals surface area (Å²) >= 11 is 5.65. The first-order valence-electron chi connectivity index (χ1n) is 6.01. The maximum Gasteiger partial charge on any atom is 0.169 e. The van der Waals surface area contributed by atoms with Crippen LogP contribution in [0.4, 0.5) is 0 Å². The third kappa shape index (κ3) is 3.45. The molecule has 0 aliphatic rings. The summed E-state index contributed by atoms with van der Waals surface area (Å²) in [6, 6.07) is 7.79. The van der Waals surface area contributed by atoms with Crippen molar-refractivity contribution < 1.29 is 4.79 Å². The minimum atomic E-state index is 0.107. The molecule has 1 aromatic heterocycles. The van der Waals surface area contributed by atoms with Gasteiger partial charge in [-0.3, -0.25) is 9.48 Å². The molecule has 0 fully saturated rings. The van der Waals surface area contributed by atoms with Crippen LogP contribution < -0.4 is 0 Å². The molecule has 0 aliphatic carbocycles. The molecular formula is C14H14BrIN2O. The second-order valence-corrected chi connectivity index (χ2v) is 6.43. The van der Waals surface area contributed by atoms with Gasteiger partial charge in [0.2, 0.25) is 0 Å². The van der Waals surface area contributed by atoms with E-state index in [1.807, 2.05) is 31.3 Å². The summed E-state index contributed by atoms with van der Waals surface area (Å²) < 4.78 is 3.69. The number of halogens is 2. The van der Waals surface area contributed by atoms with E-state index in [1.54, 1.807) is 4.68 Å². The number of hydrogen-bond donors (Lipinski definition) is 0. The van der Waals surface area contributed by atoms with Crippen molar-refractivity contribution in [2.75, 3.05) is 0 Å². The Kier molecular flexibility index (Phi) is 4.78. The van der Waals surface area contributed by atoms with Gasteiger partial charge in [-0.2, -0.15) is 5.10 Å². The van der Waals surface area contributed by atoms with Crippen molar-refractivity contribution in [2.45, 2.75) is 19.8 Å². The molecule has 0 amide bonds. The molecule has 2 rings (SSSR count).